The maximum Gasteiger partial charge on any atom is 0.139 e. The van der Waals surface area contributed by atoms with Gasteiger partial charge < -0.3 is 14.6 Å². The van der Waals surface area contributed by atoms with E-state index in [4.69, 9.17) is 5.11 Å². The van der Waals surface area contributed by atoms with E-state index < -0.39 is 0 Å². The molecule has 5 nitrogen and oxygen atoms in total. The zero-order valence-electron chi connectivity index (χ0n) is 15.0. The van der Waals surface area contributed by atoms with Crippen LogP contribution < -0.4 is 0 Å². The molecular weight excluding hydrogens is 312 g/mol. The standard InChI is InChI=1S/C20H26N4O/c1-22-12-13-23(2)19(15-22)16-24-11-10-21-20(24)18-8-6-17(7-9-18)5-3-4-14-25/h6-11,19,25H,4,12-16H2,1-2H3. The van der Waals surface area contributed by atoms with E-state index in [1.165, 1.54) is 0 Å². The van der Waals surface area contributed by atoms with Gasteiger partial charge in [-0.05, 0) is 26.2 Å². The quantitative estimate of drug-likeness (QED) is 0.859. The van der Waals surface area contributed by atoms with E-state index in [-0.39, 0.29) is 6.61 Å². The smallest absolute Gasteiger partial charge is 0.139 e. The van der Waals surface area contributed by atoms with Gasteiger partial charge in [-0.15, -0.1) is 0 Å². The SMILES string of the molecule is CN1CCN(C)C(Cn2ccnc2-c2ccc(C#CCCO)cc2)C1. The highest BCUT2D eigenvalue weighted by Crippen LogP contribution is 2.20. The minimum atomic E-state index is 0.104. The lowest BCUT2D eigenvalue weighted by Gasteiger charge is -2.38. The topological polar surface area (TPSA) is 44.5 Å². The van der Waals surface area contributed by atoms with Crippen LogP contribution in [0.25, 0.3) is 11.4 Å². The molecule has 0 spiro atoms. The summed E-state index contributed by atoms with van der Waals surface area (Å²) in [6, 6.07) is 8.66. The van der Waals surface area contributed by atoms with Gasteiger partial charge in [-0.3, -0.25) is 4.90 Å². The molecule has 1 aromatic carbocycles. The fourth-order valence-electron chi connectivity index (χ4n) is 3.17. The number of hydrogen-bond donors (Lipinski definition) is 1. The second-order valence-corrected chi connectivity index (χ2v) is 6.65. The average Bonchev–Trinajstić information content (AvgIpc) is 3.07. The first kappa shape index (κ1) is 17.7. The molecule has 5 heteroatoms. The third kappa shape index (κ3) is 4.49. The van der Waals surface area contributed by atoms with E-state index in [1.54, 1.807) is 0 Å². The normalized spacial score (nSPS) is 18.8. The van der Waals surface area contributed by atoms with Gasteiger partial charge in [0.25, 0.3) is 0 Å². The van der Waals surface area contributed by atoms with Crippen molar-refractivity contribution in [3.8, 4) is 23.2 Å². The van der Waals surface area contributed by atoms with Crippen molar-refractivity contribution >= 4 is 0 Å². The van der Waals surface area contributed by atoms with Gasteiger partial charge in [0.2, 0.25) is 0 Å². The van der Waals surface area contributed by atoms with Crippen LogP contribution in [-0.4, -0.2) is 70.8 Å². The molecule has 0 saturated carbocycles. The van der Waals surface area contributed by atoms with Crippen molar-refractivity contribution in [2.45, 2.75) is 19.0 Å². The monoisotopic (exact) mass is 338 g/mol. The highest BCUT2D eigenvalue weighted by atomic mass is 16.2. The summed E-state index contributed by atoms with van der Waals surface area (Å²) in [6.45, 7) is 4.35. The van der Waals surface area contributed by atoms with Crippen molar-refractivity contribution in [2.24, 2.45) is 0 Å². The maximum absolute atomic E-state index is 8.79. The first-order valence-corrected chi connectivity index (χ1v) is 8.77. The highest BCUT2D eigenvalue weighted by Gasteiger charge is 2.23. The van der Waals surface area contributed by atoms with Gasteiger partial charge in [0.05, 0.1) is 6.61 Å². The third-order valence-corrected chi connectivity index (χ3v) is 4.72. The predicted octanol–water partition coefficient (Wildman–Crippen LogP) is 1.53. The molecule has 0 amide bonds. The Bertz CT molecular complexity index is 741. The molecule has 1 aliphatic rings. The third-order valence-electron chi connectivity index (χ3n) is 4.72. The molecule has 0 aliphatic carbocycles. The zero-order chi connectivity index (χ0) is 17.6. The van der Waals surface area contributed by atoms with Crippen LogP contribution in [0.15, 0.2) is 36.7 Å². The Morgan fingerprint density at radius 3 is 2.76 bits per heavy atom. The number of benzene rings is 1. The first-order valence-electron chi connectivity index (χ1n) is 8.77. The molecule has 3 rings (SSSR count). The van der Waals surface area contributed by atoms with Crippen LogP contribution in [0.2, 0.25) is 0 Å². The summed E-state index contributed by atoms with van der Waals surface area (Å²) in [4.78, 5) is 9.39. The number of aliphatic hydroxyl groups is 1. The second kappa shape index (κ2) is 8.30. The van der Waals surface area contributed by atoms with Crippen LogP contribution in [0.5, 0.6) is 0 Å². The number of piperazine rings is 1. The summed E-state index contributed by atoms with van der Waals surface area (Å²) in [5, 5.41) is 8.79. The lowest BCUT2D eigenvalue weighted by Crippen LogP contribution is -2.51. The van der Waals surface area contributed by atoms with Crippen molar-refractivity contribution in [3.63, 3.8) is 0 Å². The van der Waals surface area contributed by atoms with Gasteiger partial charge in [0, 0.05) is 62.2 Å². The first-order chi connectivity index (χ1) is 12.2. The molecule has 132 valence electrons. The summed E-state index contributed by atoms with van der Waals surface area (Å²) in [7, 11) is 4.39. The van der Waals surface area contributed by atoms with Crippen LogP contribution in [0, 0.1) is 11.8 Å². The molecule has 1 unspecified atom stereocenters. The Labute approximate surface area is 149 Å². The van der Waals surface area contributed by atoms with E-state index in [2.05, 4.69) is 63.6 Å². The van der Waals surface area contributed by atoms with Gasteiger partial charge in [0.1, 0.15) is 5.82 Å². The summed E-state index contributed by atoms with van der Waals surface area (Å²) in [5.74, 6) is 7.01. The number of nitrogens with zero attached hydrogens (tertiary/aromatic N) is 4. The molecule has 1 N–H and O–H groups in total. The molecule has 0 bridgehead atoms. The molecule has 1 saturated heterocycles. The van der Waals surface area contributed by atoms with E-state index in [1.807, 2.05) is 18.3 Å². The van der Waals surface area contributed by atoms with Crippen molar-refractivity contribution < 1.29 is 5.11 Å². The summed E-state index contributed by atoms with van der Waals surface area (Å²) >= 11 is 0. The molecule has 25 heavy (non-hydrogen) atoms. The zero-order valence-corrected chi connectivity index (χ0v) is 15.0. The lowest BCUT2D eigenvalue weighted by atomic mass is 10.1. The molecule has 2 heterocycles. The van der Waals surface area contributed by atoms with E-state index in [0.29, 0.717) is 12.5 Å². The van der Waals surface area contributed by atoms with E-state index >= 15 is 0 Å². The van der Waals surface area contributed by atoms with Crippen LogP contribution in [0.4, 0.5) is 0 Å². The summed E-state index contributed by atoms with van der Waals surface area (Å²) < 4.78 is 2.24. The predicted molar refractivity (Wildman–Crippen MR) is 100 cm³/mol. The number of hydrogen-bond acceptors (Lipinski definition) is 4. The van der Waals surface area contributed by atoms with Crippen LogP contribution in [0.3, 0.4) is 0 Å². The van der Waals surface area contributed by atoms with Gasteiger partial charge >= 0.3 is 0 Å². The lowest BCUT2D eigenvalue weighted by molar-refractivity contribution is 0.103. The summed E-state index contributed by atoms with van der Waals surface area (Å²) in [5.41, 5.74) is 2.06. The van der Waals surface area contributed by atoms with Crippen LogP contribution >= 0.6 is 0 Å². The molecule has 1 fully saturated rings. The fraction of sp³-hybridized carbons (Fsp3) is 0.450. The maximum atomic E-state index is 8.79. The minimum absolute atomic E-state index is 0.104. The molecule has 1 aromatic heterocycles. The molecular formula is C20H26N4O. The number of aliphatic hydroxyl groups excluding tert-OH is 1. The Morgan fingerprint density at radius 2 is 2.00 bits per heavy atom. The van der Waals surface area contributed by atoms with Crippen LogP contribution in [0.1, 0.15) is 12.0 Å². The second-order valence-electron chi connectivity index (χ2n) is 6.65. The Hall–Kier alpha value is -2.13. The van der Waals surface area contributed by atoms with Crippen molar-refractivity contribution in [1.82, 2.24) is 19.4 Å². The summed E-state index contributed by atoms with van der Waals surface area (Å²) in [6.07, 6.45) is 4.44. The molecule has 1 aliphatic heterocycles. The Kier molecular flexibility index (Phi) is 5.87. The highest BCUT2D eigenvalue weighted by molar-refractivity contribution is 5.57. The number of aromatic nitrogens is 2. The fourth-order valence-corrected chi connectivity index (χ4v) is 3.17. The van der Waals surface area contributed by atoms with Crippen LogP contribution in [-0.2, 0) is 6.54 Å². The van der Waals surface area contributed by atoms with Gasteiger partial charge in [-0.25, -0.2) is 4.98 Å². The van der Waals surface area contributed by atoms with E-state index in [0.717, 1.165) is 43.1 Å². The van der Waals surface area contributed by atoms with E-state index in [9.17, 15) is 0 Å². The number of imidazole rings is 1. The molecule has 2 aromatic rings. The van der Waals surface area contributed by atoms with Crippen molar-refractivity contribution in [2.75, 3.05) is 40.3 Å². The van der Waals surface area contributed by atoms with Crippen molar-refractivity contribution in [3.05, 3.63) is 42.2 Å². The largest absolute Gasteiger partial charge is 0.395 e. The average molecular weight is 338 g/mol. The minimum Gasteiger partial charge on any atom is -0.395 e. The molecule has 1 atom stereocenters. The number of rotatable bonds is 4. The Balaban J connectivity index is 1.74. The van der Waals surface area contributed by atoms with Gasteiger partial charge in [0.15, 0.2) is 0 Å². The van der Waals surface area contributed by atoms with Crippen molar-refractivity contribution in [1.29, 1.82) is 0 Å². The Morgan fingerprint density at radius 1 is 1.20 bits per heavy atom. The molecule has 0 radical (unpaired) electrons. The van der Waals surface area contributed by atoms with Gasteiger partial charge in [-0.2, -0.15) is 0 Å². The number of likely N-dealkylation sites (N-methyl/N-ethyl adjacent to an activating group) is 2. The van der Waals surface area contributed by atoms with Gasteiger partial charge in [-0.1, -0.05) is 24.0 Å².